The number of fused-ring (bicyclic) bond motifs is 1. The van der Waals surface area contributed by atoms with Gasteiger partial charge in [0.25, 0.3) is 0 Å². The molecule has 0 amide bonds. The van der Waals surface area contributed by atoms with Crippen LogP contribution in [0.25, 0.3) is 11.0 Å². The van der Waals surface area contributed by atoms with E-state index in [0.29, 0.717) is 16.6 Å². The molecule has 0 saturated heterocycles. The molecule has 78 valence electrons. The van der Waals surface area contributed by atoms with Crippen LogP contribution in [0, 0.1) is 0 Å². The SMILES string of the molecule is O=Cc1ccc2c(c1)[nH]c(=O)n2CCO. The molecule has 0 aliphatic rings. The fraction of sp³-hybridized carbons (Fsp3) is 0.200. The number of aliphatic hydroxyl groups is 1. The number of rotatable bonds is 3. The summed E-state index contributed by atoms with van der Waals surface area (Å²) in [5.41, 5.74) is 1.54. The monoisotopic (exact) mass is 206 g/mol. The number of H-pyrrole nitrogens is 1. The lowest BCUT2D eigenvalue weighted by molar-refractivity contribution is 0.112. The van der Waals surface area contributed by atoms with Crippen LogP contribution in [0.3, 0.4) is 0 Å². The number of carbonyl (C=O) groups excluding carboxylic acids is 1. The molecule has 5 nitrogen and oxygen atoms in total. The van der Waals surface area contributed by atoms with Gasteiger partial charge in [-0.15, -0.1) is 0 Å². The van der Waals surface area contributed by atoms with Gasteiger partial charge in [-0.25, -0.2) is 4.79 Å². The van der Waals surface area contributed by atoms with Gasteiger partial charge in [0.05, 0.1) is 24.2 Å². The number of aromatic amines is 1. The van der Waals surface area contributed by atoms with Gasteiger partial charge in [0.2, 0.25) is 0 Å². The molecule has 0 atom stereocenters. The molecule has 1 aromatic heterocycles. The lowest BCUT2D eigenvalue weighted by Crippen LogP contribution is -2.18. The molecule has 1 aromatic carbocycles. The summed E-state index contributed by atoms with van der Waals surface area (Å²) < 4.78 is 1.43. The molecule has 0 fully saturated rings. The fourth-order valence-corrected chi connectivity index (χ4v) is 1.58. The highest BCUT2D eigenvalue weighted by molar-refractivity contribution is 5.84. The zero-order valence-corrected chi connectivity index (χ0v) is 7.93. The largest absolute Gasteiger partial charge is 0.395 e. The maximum atomic E-state index is 11.4. The van der Waals surface area contributed by atoms with Gasteiger partial charge in [-0.1, -0.05) is 0 Å². The van der Waals surface area contributed by atoms with Crippen molar-refractivity contribution in [1.29, 1.82) is 0 Å². The minimum absolute atomic E-state index is 0.0949. The molecule has 1 heterocycles. The van der Waals surface area contributed by atoms with E-state index in [4.69, 9.17) is 5.11 Å². The van der Waals surface area contributed by atoms with Crippen LogP contribution in [0.15, 0.2) is 23.0 Å². The molecule has 2 rings (SSSR count). The zero-order valence-electron chi connectivity index (χ0n) is 7.93. The van der Waals surface area contributed by atoms with Crippen LogP contribution < -0.4 is 5.69 Å². The first kappa shape index (κ1) is 9.67. The van der Waals surface area contributed by atoms with Crippen LogP contribution in [0.1, 0.15) is 10.4 Å². The lowest BCUT2D eigenvalue weighted by atomic mass is 10.2. The molecule has 0 unspecified atom stereocenters. The van der Waals surface area contributed by atoms with E-state index in [0.717, 1.165) is 6.29 Å². The highest BCUT2D eigenvalue weighted by Gasteiger charge is 2.05. The summed E-state index contributed by atoms with van der Waals surface area (Å²) in [5, 5.41) is 8.79. The normalized spacial score (nSPS) is 10.7. The molecule has 2 N–H and O–H groups in total. The predicted molar refractivity (Wildman–Crippen MR) is 55.0 cm³/mol. The highest BCUT2D eigenvalue weighted by atomic mass is 16.3. The summed E-state index contributed by atoms with van der Waals surface area (Å²) in [7, 11) is 0. The third-order valence-corrected chi connectivity index (χ3v) is 2.26. The molecule has 2 aromatic rings. The standard InChI is InChI=1S/C10H10N2O3/c13-4-3-12-9-2-1-7(6-14)5-8(9)11-10(12)15/h1-2,5-6,13H,3-4H2,(H,11,15). The molecule has 5 heteroatoms. The number of aldehydes is 1. The number of imidazole rings is 1. The van der Waals surface area contributed by atoms with Crippen LogP contribution in [-0.2, 0) is 6.54 Å². The minimum atomic E-state index is -0.276. The number of carbonyl (C=O) groups is 1. The maximum Gasteiger partial charge on any atom is 0.326 e. The van der Waals surface area contributed by atoms with Crippen molar-refractivity contribution in [2.24, 2.45) is 0 Å². The van der Waals surface area contributed by atoms with Crippen LogP contribution in [-0.4, -0.2) is 27.6 Å². The summed E-state index contributed by atoms with van der Waals surface area (Å²) in [4.78, 5) is 24.6. The second kappa shape index (κ2) is 3.70. The van der Waals surface area contributed by atoms with Crippen molar-refractivity contribution in [2.75, 3.05) is 6.61 Å². The number of nitrogens with zero attached hydrogens (tertiary/aromatic N) is 1. The molecule has 0 spiro atoms. The Morgan fingerprint density at radius 2 is 2.27 bits per heavy atom. The highest BCUT2D eigenvalue weighted by Crippen LogP contribution is 2.11. The second-order valence-corrected chi connectivity index (χ2v) is 3.20. The topological polar surface area (TPSA) is 75.1 Å². The summed E-state index contributed by atoms with van der Waals surface area (Å²) in [6, 6.07) is 4.93. The Labute approximate surface area is 85.0 Å². The average molecular weight is 206 g/mol. The molecule has 0 aliphatic carbocycles. The van der Waals surface area contributed by atoms with Gasteiger partial charge < -0.3 is 10.1 Å². The van der Waals surface area contributed by atoms with Crippen LogP contribution in [0.4, 0.5) is 0 Å². The smallest absolute Gasteiger partial charge is 0.326 e. The first-order valence-corrected chi connectivity index (χ1v) is 4.55. The number of aliphatic hydroxyl groups excluding tert-OH is 1. The van der Waals surface area contributed by atoms with Crippen molar-refractivity contribution >= 4 is 17.3 Å². The Balaban J connectivity index is 2.68. The van der Waals surface area contributed by atoms with Gasteiger partial charge in [0.15, 0.2) is 0 Å². The van der Waals surface area contributed by atoms with Crippen LogP contribution in [0.2, 0.25) is 0 Å². The van der Waals surface area contributed by atoms with Gasteiger partial charge in [-0.2, -0.15) is 0 Å². The van der Waals surface area contributed by atoms with E-state index >= 15 is 0 Å². The Kier molecular flexibility index (Phi) is 2.39. The minimum Gasteiger partial charge on any atom is -0.395 e. The average Bonchev–Trinajstić information content (AvgIpc) is 2.55. The molecule has 0 saturated carbocycles. The number of benzene rings is 1. The van der Waals surface area contributed by atoms with Gasteiger partial charge in [-0.3, -0.25) is 9.36 Å². The van der Waals surface area contributed by atoms with E-state index in [1.165, 1.54) is 4.57 Å². The van der Waals surface area contributed by atoms with E-state index in [1.807, 2.05) is 0 Å². The van der Waals surface area contributed by atoms with Gasteiger partial charge in [0.1, 0.15) is 6.29 Å². The van der Waals surface area contributed by atoms with Crippen molar-refractivity contribution in [1.82, 2.24) is 9.55 Å². The van der Waals surface area contributed by atoms with Crippen molar-refractivity contribution < 1.29 is 9.90 Å². The number of aromatic nitrogens is 2. The van der Waals surface area contributed by atoms with Crippen molar-refractivity contribution in [3.8, 4) is 0 Å². The second-order valence-electron chi connectivity index (χ2n) is 3.20. The summed E-state index contributed by atoms with van der Waals surface area (Å²) >= 11 is 0. The number of hydrogen-bond acceptors (Lipinski definition) is 3. The van der Waals surface area contributed by atoms with E-state index in [9.17, 15) is 9.59 Å². The lowest BCUT2D eigenvalue weighted by Gasteiger charge is -1.99. The third-order valence-electron chi connectivity index (χ3n) is 2.26. The van der Waals surface area contributed by atoms with Gasteiger partial charge in [0, 0.05) is 5.56 Å². The number of nitrogens with one attached hydrogen (secondary N) is 1. The molecule has 0 aliphatic heterocycles. The quantitative estimate of drug-likeness (QED) is 0.701. The number of hydrogen-bond donors (Lipinski definition) is 2. The van der Waals surface area contributed by atoms with Gasteiger partial charge >= 0.3 is 5.69 Å². The molecular weight excluding hydrogens is 196 g/mol. The Morgan fingerprint density at radius 3 is 2.93 bits per heavy atom. The zero-order chi connectivity index (χ0) is 10.8. The van der Waals surface area contributed by atoms with E-state index in [2.05, 4.69) is 4.98 Å². The maximum absolute atomic E-state index is 11.4. The van der Waals surface area contributed by atoms with E-state index < -0.39 is 0 Å². The van der Waals surface area contributed by atoms with E-state index in [1.54, 1.807) is 18.2 Å². The first-order chi connectivity index (χ1) is 7.26. The van der Waals surface area contributed by atoms with E-state index in [-0.39, 0.29) is 18.8 Å². The van der Waals surface area contributed by atoms with Crippen molar-refractivity contribution in [3.05, 3.63) is 34.2 Å². The third kappa shape index (κ3) is 1.57. The van der Waals surface area contributed by atoms with Crippen molar-refractivity contribution in [3.63, 3.8) is 0 Å². The Bertz CT molecular complexity index is 553. The van der Waals surface area contributed by atoms with Gasteiger partial charge in [-0.05, 0) is 18.2 Å². The molecule has 0 radical (unpaired) electrons. The Morgan fingerprint density at radius 1 is 1.47 bits per heavy atom. The predicted octanol–water partition coefficient (Wildman–Crippen LogP) is 0.134. The van der Waals surface area contributed by atoms with Crippen LogP contribution >= 0.6 is 0 Å². The Hall–Kier alpha value is -1.88. The molecule has 0 bridgehead atoms. The molecular formula is C10H10N2O3. The van der Waals surface area contributed by atoms with Crippen LogP contribution in [0.5, 0.6) is 0 Å². The first-order valence-electron chi connectivity index (χ1n) is 4.55. The van der Waals surface area contributed by atoms with Crippen molar-refractivity contribution in [2.45, 2.75) is 6.54 Å². The summed E-state index contributed by atoms with van der Waals surface area (Å²) in [6.07, 6.45) is 0.723. The summed E-state index contributed by atoms with van der Waals surface area (Å²) in [6.45, 7) is 0.154. The summed E-state index contributed by atoms with van der Waals surface area (Å²) in [5.74, 6) is 0. The fourth-order valence-electron chi connectivity index (χ4n) is 1.58. The molecule has 15 heavy (non-hydrogen) atoms.